The van der Waals surface area contributed by atoms with E-state index in [1.54, 1.807) is 12.1 Å². The van der Waals surface area contributed by atoms with Crippen molar-refractivity contribution in [2.45, 2.75) is 12.0 Å². The number of cyclic esters (lactones) is 1. The molecule has 2 atom stereocenters. The molecule has 112 valence electrons. The van der Waals surface area contributed by atoms with Crippen molar-refractivity contribution in [1.29, 1.82) is 0 Å². The standard InChI is InChI=1S/C15H11NO6/c17-10-5-8-9(6-11(10)18)15(21)22-13(12(8)14(19)20)7-1-3-16-4-2-7/h1-6,12-13,17-18H,(H,19,20)/t12-,13+/m0/s1. The SMILES string of the molecule is O=C1O[C@H](c2ccncc2)[C@@H](C(=O)O)c2cc(O)c(O)cc21. The smallest absolute Gasteiger partial charge is 0.339 e. The number of phenols is 2. The predicted molar refractivity (Wildman–Crippen MR) is 72.5 cm³/mol. The molecule has 1 aliphatic heterocycles. The number of carbonyl (C=O) groups is 2. The third-order valence-corrected chi connectivity index (χ3v) is 3.54. The lowest BCUT2D eigenvalue weighted by molar-refractivity contribution is -0.142. The van der Waals surface area contributed by atoms with Gasteiger partial charge in [0.05, 0.1) is 5.56 Å². The summed E-state index contributed by atoms with van der Waals surface area (Å²) in [6, 6.07) is 5.20. The number of pyridine rings is 1. The number of ether oxygens (including phenoxy) is 1. The number of nitrogens with zero attached hydrogens (tertiary/aromatic N) is 1. The summed E-state index contributed by atoms with van der Waals surface area (Å²) in [5.74, 6) is -4.16. The summed E-state index contributed by atoms with van der Waals surface area (Å²) in [5, 5.41) is 28.6. The minimum Gasteiger partial charge on any atom is -0.504 e. The van der Waals surface area contributed by atoms with Gasteiger partial charge in [0.2, 0.25) is 0 Å². The van der Waals surface area contributed by atoms with Crippen molar-refractivity contribution in [3.05, 3.63) is 53.3 Å². The van der Waals surface area contributed by atoms with Gasteiger partial charge in [0.15, 0.2) is 11.5 Å². The van der Waals surface area contributed by atoms with Crippen molar-refractivity contribution < 1.29 is 29.6 Å². The zero-order valence-corrected chi connectivity index (χ0v) is 11.1. The molecule has 2 heterocycles. The lowest BCUT2D eigenvalue weighted by Crippen LogP contribution is -2.31. The number of benzene rings is 1. The highest BCUT2D eigenvalue weighted by atomic mass is 16.5. The lowest BCUT2D eigenvalue weighted by Gasteiger charge is -2.30. The summed E-state index contributed by atoms with van der Waals surface area (Å²) in [5.41, 5.74) is 0.503. The number of aromatic hydroxyl groups is 2. The van der Waals surface area contributed by atoms with Crippen LogP contribution in [0, 0.1) is 0 Å². The molecule has 2 aromatic rings. The molecule has 0 fully saturated rings. The van der Waals surface area contributed by atoms with E-state index in [1.165, 1.54) is 12.4 Å². The Morgan fingerprint density at radius 2 is 1.77 bits per heavy atom. The maximum atomic E-state index is 12.1. The van der Waals surface area contributed by atoms with Crippen LogP contribution in [0.1, 0.15) is 33.5 Å². The van der Waals surface area contributed by atoms with Crippen molar-refractivity contribution in [3.8, 4) is 11.5 Å². The number of carboxylic acids is 1. The molecule has 7 heteroatoms. The van der Waals surface area contributed by atoms with Gasteiger partial charge in [0.1, 0.15) is 12.0 Å². The van der Waals surface area contributed by atoms with Gasteiger partial charge in [0, 0.05) is 12.4 Å². The minimum atomic E-state index is -1.21. The molecular formula is C15H11NO6. The molecule has 1 aliphatic rings. The molecule has 7 nitrogen and oxygen atoms in total. The number of hydrogen-bond acceptors (Lipinski definition) is 6. The second-order valence-electron chi connectivity index (χ2n) is 4.85. The number of aliphatic carboxylic acids is 1. The van der Waals surface area contributed by atoms with Crippen LogP contribution in [0.3, 0.4) is 0 Å². The van der Waals surface area contributed by atoms with E-state index >= 15 is 0 Å². The summed E-state index contributed by atoms with van der Waals surface area (Å²) < 4.78 is 5.23. The first-order chi connectivity index (χ1) is 10.5. The van der Waals surface area contributed by atoms with Crippen molar-refractivity contribution in [1.82, 2.24) is 4.98 Å². The molecular weight excluding hydrogens is 290 g/mol. The van der Waals surface area contributed by atoms with Gasteiger partial charge in [-0.3, -0.25) is 9.78 Å². The third-order valence-electron chi connectivity index (χ3n) is 3.54. The van der Waals surface area contributed by atoms with Crippen molar-refractivity contribution in [3.63, 3.8) is 0 Å². The first-order valence-corrected chi connectivity index (χ1v) is 6.38. The first kappa shape index (κ1) is 13.9. The van der Waals surface area contributed by atoms with Crippen molar-refractivity contribution >= 4 is 11.9 Å². The molecule has 0 spiro atoms. The number of fused-ring (bicyclic) bond motifs is 1. The Morgan fingerprint density at radius 1 is 1.14 bits per heavy atom. The number of rotatable bonds is 2. The van der Waals surface area contributed by atoms with Crippen LogP contribution in [0.5, 0.6) is 11.5 Å². The molecule has 0 aliphatic carbocycles. The number of carboxylic acid groups (broad SMARTS) is 1. The van der Waals surface area contributed by atoms with E-state index in [0.29, 0.717) is 5.56 Å². The molecule has 1 aromatic heterocycles. The Labute approximate surface area is 124 Å². The van der Waals surface area contributed by atoms with Crippen LogP contribution < -0.4 is 0 Å². The topological polar surface area (TPSA) is 117 Å². The molecule has 0 saturated heterocycles. The Kier molecular flexibility index (Phi) is 3.17. The fraction of sp³-hybridized carbons (Fsp3) is 0.133. The minimum absolute atomic E-state index is 0.0759. The maximum Gasteiger partial charge on any atom is 0.339 e. The monoisotopic (exact) mass is 301 g/mol. The summed E-state index contributed by atoms with van der Waals surface area (Å²) in [7, 11) is 0. The van der Waals surface area contributed by atoms with E-state index in [1.807, 2.05) is 0 Å². The van der Waals surface area contributed by atoms with Gasteiger partial charge in [-0.1, -0.05) is 0 Å². The zero-order chi connectivity index (χ0) is 15.9. The van der Waals surface area contributed by atoms with Gasteiger partial charge in [-0.25, -0.2) is 4.79 Å². The van der Waals surface area contributed by atoms with E-state index in [2.05, 4.69) is 4.98 Å². The fourth-order valence-electron chi connectivity index (χ4n) is 2.51. The normalized spacial score (nSPS) is 20.1. The van der Waals surface area contributed by atoms with Crippen LogP contribution >= 0.6 is 0 Å². The zero-order valence-electron chi connectivity index (χ0n) is 11.1. The Bertz CT molecular complexity index is 758. The molecule has 0 saturated carbocycles. The number of phenolic OH excluding ortho intramolecular Hbond substituents is 2. The molecule has 22 heavy (non-hydrogen) atoms. The van der Waals surface area contributed by atoms with Gasteiger partial charge < -0.3 is 20.1 Å². The lowest BCUT2D eigenvalue weighted by atomic mass is 9.84. The first-order valence-electron chi connectivity index (χ1n) is 6.38. The molecule has 3 rings (SSSR count). The van der Waals surface area contributed by atoms with Crippen LogP contribution in [0.25, 0.3) is 0 Å². The highest BCUT2D eigenvalue weighted by Gasteiger charge is 2.41. The second kappa shape index (κ2) is 5.03. The molecule has 3 N–H and O–H groups in total. The third kappa shape index (κ3) is 2.12. The predicted octanol–water partition coefficient (Wildman–Crippen LogP) is 1.57. The van der Waals surface area contributed by atoms with E-state index < -0.39 is 35.5 Å². The number of carbonyl (C=O) groups excluding carboxylic acids is 1. The Morgan fingerprint density at radius 3 is 2.41 bits per heavy atom. The van der Waals surface area contributed by atoms with Crippen LogP contribution in [0.4, 0.5) is 0 Å². The molecule has 0 amide bonds. The van der Waals surface area contributed by atoms with Crippen LogP contribution in [0.15, 0.2) is 36.7 Å². The molecule has 1 aromatic carbocycles. The van der Waals surface area contributed by atoms with Crippen molar-refractivity contribution in [2.24, 2.45) is 0 Å². The van der Waals surface area contributed by atoms with E-state index in [9.17, 15) is 24.9 Å². The highest BCUT2D eigenvalue weighted by Crippen LogP contribution is 2.43. The second-order valence-corrected chi connectivity index (χ2v) is 4.85. The van der Waals surface area contributed by atoms with Gasteiger partial charge in [-0.2, -0.15) is 0 Å². The fourth-order valence-corrected chi connectivity index (χ4v) is 2.51. The van der Waals surface area contributed by atoms with Gasteiger partial charge in [-0.15, -0.1) is 0 Å². The molecule has 0 bridgehead atoms. The van der Waals surface area contributed by atoms with E-state index in [4.69, 9.17) is 4.74 Å². The van der Waals surface area contributed by atoms with E-state index in [-0.39, 0.29) is 11.1 Å². The van der Waals surface area contributed by atoms with Crippen molar-refractivity contribution in [2.75, 3.05) is 0 Å². The Hall–Kier alpha value is -3.09. The quantitative estimate of drug-likeness (QED) is 0.569. The average Bonchev–Trinajstić information content (AvgIpc) is 2.49. The maximum absolute atomic E-state index is 12.1. The summed E-state index contributed by atoms with van der Waals surface area (Å²) in [4.78, 5) is 27.6. The van der Waals surface area contributed by atoms with Gasteiger partial charge in [-0.05, 0) is 35.4 Å². The summed E-state index contributed by atoms with van der Waals surface area (Å²) >= 11 is 0. The van der Waals surface area contributed by atoms with E-state index in [0.717, 1.165) is 12.1 Å². The van der Waals surface area contributed by atoms with Crippen LogP contribution in [-0.4, -0.2) is 32.2 Å². The largest absolute Gasteiger partial charge is 0.504 e. The highest BCUT2D eigenvalue weighted by molar-refractivity contribution is 5.97. The number of esters is 1. The molecule has 0 radical (unpaired) electrons. The molecule has 0 unspecified atom stereocenters. The van der Waals surface area contributed by atoms with Gasteiger partial charge in [0.25, 0.3) is 0 Å². The number of aromatic nitrogens is 1. The Balaban J connectivity index is 2.18. The summed E-state index contributed by atoms with van der Waals surface area (Å²) in [6.07, 6.45) is 1.89. The average molecular weight is 301 g/mol. The van der Waals surface area contributed by atoms with Crippen LogP contribution in [-0.2, 0) is 9.53 Å². The van der Waals surface area contributed by atoms with Gasteiger partial charge >= 0.3 is 11.9 Å². The number of hydrogen-bond donors (Lipinski definition) is 3. The van der Waals surface area contributed by atoms with Crippen LogP contribution in [0.2, 0.25) is 0 Å². The summed E-state index contributed by atoms with van der Waals surface area (Å²) in [6.45, 7) is 0.